The van der Waals surface area contributed by atoms with Crippen LogP contribution in [0.2, 0.25) is 0 Å². The van der Waals surface area contributed by atoms with Crippen molar-refractivity contribution in [1.82, 2.24) is 25.2 Å². The molecular weight excluding hydrogens is 1450 g/mol. The molecule has 40 heteroatoms. The maximum absolute atomic E-state index is 12.7. The summed E-state index contributed by atoms with van der Waals surface area (Å²) in [5.74, 6) is 5.66. The van der Waals surface area contributed by atoms with Crippen molar-refractivity contribution >= 4 is 89.8 Å². The fourth-order valence-electron chi connectivity index (χ4n) is 11.5. The van der Waals surface area contributed by atoms with Gasteiger partial charge in [-0.2, -0.15) is 36.0 Å². The lowest BCUT2D eigenvalue weighted by molar-refractivity contribution is -0.738. The number of phosphoric acid groups is 3. The molecule has 4 aromatic rings. The van der Waals surface area contributed by atoms with Crippen molar-refractivity contribution in [2.45, 2.75) is 113 Å². The van der Waals surface area contributed by atoms with Crippen LogP contribution < -0.4 is 25.8 Å². The molecule has 1 saturated heterocycles. The maximum Gasteiger partial charge on any atom is 0.490 e. The highest BCUT2D eigenvalue weighted by atomic mass is 32.2. The van der Waals surface area contributed by atoms with Crippen LogP contribution in [0.5, 0.6) is 0 Å². The van der Waals surface area contributed by atoms with Gasteiger partial charge >= 0.3 is 45.5 Å². The van der Waals surface area contributed by atoms with Crippen molar-refractivity contribution in [1.29, 1.82) is 10.5 Å². The molecule has 0 saturated carbocycles. The van der Waals surface area contributed by atoms with Gasteiger partial charge in [-0.05, 0) is 50.5 Å². The molecule has 1 aromatic carbocycles. The van der Waals surface area contributed by atoms with Crippen LogP contribution in [0.4, 0.5) is 22.1 Å². The number of anilines is 2. The largest absolute Gasteiger partial charge is 0.497 e. The number of unbranched alkanes of at least 4 members (excludes halogenated alkanes) is 2. The molecule has 3 aliphatic heterocycles. The van der Waals surface area contributed by atoms with Gasteiger partial charge < -0.3 is 73.8 Å². The zero-order valence-electron chi connectivity index (χ0n) is 56.7. The first-order valence-electron chi connectivity index (χ1n) is 31.9. The Morgan fingerprint density at radius 2 is 1.63 bits per heavy atom. The molecule has 3 aliphatic rings. The van der Waals surface area contributed by atoms with Crippen LogP contribution in [0, 0.1) is 34.5 Å². The highest BCUT2D eigenvalue weighted by molar-refractivity contribution is 7.86. The van der Waals surface area contributed by atoms with E-state index in [9.17, 15) is 64.3 Å². The number of phosphoric ester groups is 1. The van der Waals surface area contributed by atoms with Crippen molar-refractivity contribution in [3.05, 3.63) is 126 Å². The van der Waals surface area contributed by atoms with E-state index in [-0.39, 0.29) is 116 Å². The van der Waals surface area contributed by atoms with Gasteiger partial charge in [-0.25, -0.2) is 28.5 Å². The quantitative estimate of drug-likeness (QED) is 0.00364. The molecule has 103 heavy (non-hydrogen) atoms. The second-order valence-electron chi connectivity index (χ2n) is 24.2. The smallest absolute Gasteiger partial charge is 0.490 e. The Balaban J connectivity index is 0.762. The first kappa shape index (κ1) is 82.2. The molecule has 558 valence electrons. The third-order valence-corrected chi connectivity index (χ3v) is 21.6. The van der Waals surface area contributed by atoms with Gasteiger partial charge in [-0.1, -0.05) is 68.5 Å². The summed E-state index contributed by atoms with van der Waals surface area (Å²) in [5.41, 5.74) is 10.8. The average molecular weight is 1530 g/mol. The lowest BCUT2D eigenvalue weighted by Crippen LogP contribution is -2.39. The molecule has 2 amide bonds. The van der Waals surface area contributed by atoms with E-state index in [0.717, 1.165) is 55.1 Å². The number of ether oxygens (including phenoxy) is 6. The van der Waals surface area contributed by atoms with Gasteiger partial charge in [0.2, 0.25) is 5.91 Å². The summed E-state index contributed by atoms with van der Waals surface area (Å²) in [7, 11) is -24.0. The van der Waals surface area contributed by atoms with E-state index < -0.39 is 86.0 Å². The summed E-state index contributed by atoms with van der Waals surface area (Å²) >= 11 is 0. The molecule has 1 fully saturated rings. The number of aromatic nitrogens is 4. The zero-order valence-corrected chi connectivity index (χ0v) is 61.1. The van der Waals surface area contributed by atoms with E-state index in [2.05, 4.69) is 78.0 Å². The van der Waals surface area contributed by atoms with E-state index >= 15 is 0 Å². The van der Waals surface area contributed by atoms with E-state index in [1.165, 1.54) is 34.9 Å². The monoisotopic (exact) mass is 1530 g/mol. The number of para-hydroxylation sites is 1. The fraction of sp³-hybridized carbons (Fsp3) is 0.460. The summed E-state index contributed by atoms with van der Waals surface area (Å²) in [6, 6.07) is 13.5. The summed E-state index contributed by atoms with van der Waals surface area (Å²) in [6.07, 6.45) is 15.7. The Labute approximate surface area is 594 Å². The normalized spacial score (nSPS) is 18.9. The van der Waals surface area contributed by atoms with Gasteiger partial charge in [-0.3, -0.25) is 18.4 Å². The van der Waals surface area contributed by atoms with Crippen molar-refractivity contribution in [3.8, 4) is 24.0 Å². The summed E-state index contributed by atoms with van der Waals surface area (Å²) < 4.78 is 153. The van der Waals surface area contributed by atoms with Gasteiger partial charge in [0, 0.05) is 67.8 Å². The zero-order chi connectivity index (χ0) is 75.4. The summed E-state index contributed by atoms with van der Waals surface area (Å²) in [5, 5.41) is 24.2. The number of alkyl carbamates (subject to hydrolysis) is 1. The molecule has 2 unspecified atom stereocenters. The minimum absolute atomic E-state index is 0.00466. The number of nitrogens with zero attached hydrogens (tertiary/aromatic N) is 8. The topological polar surface area (TPSA) is 497 Å². The third kappa shape index (κ3) is 24.0. The van der Waals surface area contributed by atoms with E-state index in [0.29, 0.717) is 30.8 Å². The molecule has 0 radical (unpaired) electrons. The number of hydrogen-bond donors (Lipinski definition) is 9. The Morgan fingerprint density at radius 1 is 0.883 bits per heavy atom. The number of allylic oxidation sites excluding steroid dienone is 7. The predicted octanol–water partition coefficient (Wildman–Crippen LogP) is 5.98. The lowest BCUT2D eigenvalue weighted by Gasteiger charge is -2.27. The molecule has 0 bridgehead atoms. The van der Waals surface area contributed by atoms with Crippen molar-refractivity contribution in [2.24, 2.45) is 0 Å². The van der Waals surface area contributed by atoms with Gasteiger partial charge in [0.15, 0.2) is 23.3 Å². The van der Waals surface area contributed by atoms with Crippen LogP contribution in [0.25, 0.3) is 11.0 Å². The number of benzene rings is 1. The summed E-state index contributed by atoms with van der Waals surface area (Å²) in [4.78, 5) is 72.6. The van der Waals surface area contributed by atoms with Crippen molar-refractivity contribution in [3.63, 3.8) is 0 Å². The summed E-state index contributed by atoms with van der Waals surface area (Å²) in [6.45, 7) is 8.93. The van der Waals surface area contributed by atoms with Crippen LogP contribution in [0.15, 0.2) is 114 Å². The maximum atomic E-state index is 12.7. The predicted molar refractivity (Wildman–Crippen MR) is 368 cm³/mol. The fourth-order valence-corrected chi connectivity index (χ4v) is 15.6. The SMILES string of the molecule is C[N+]1=C(/C=C/C=C/C=C2/N(CCCCCC(=O)NCCOCCOCC/C(C#N)=C/OCCOC(=O)NCC#Cc3cn([C@H]4C[C@@H](O/C=C/C#N)[C@@H](COP(=O)(O)OP(=O)(O)OP(=O)(O)O)O4)c4ncnc(N)c34)c3ccccc3C2(C)C)C(C)(C)c2cc(S(=O)(=O)O)c[n+](CCCS(=O)(=O)O)c21. The Bertz CT molecular complexity index is 4490. The Morgan fingerprint density at radius 3 is 2.35 bits per heavy atom. The lowest BCUT2D eigenvalue weighted by atomic mass is 9.82. The first-order chi connectivity index (χ1) is 48.6. The van der Waals surface area contributed by atoms with Crippen LogP contribution in [-0.2, 0) is 97.7 Å². The van der Waals surface area contributed by atoms with Crippen LogP contribution in [0.3, 0.4) is 0 Å². The number of carbonyl (C=O) groups is 2. The number of nitrogens with one attached hydrogen (secondary N) is 2. The van der Waals surface area contributed by atoms with Gasteiger partial charge in [0.1, 0.15) is 62.1 Å². The number of pyridine rings is 1. The number of carbonyl (C=O) groups excluding carboxylic acids is 2. The number of hydrogen-bond acceptors (Lipinski definition) is 24. The number of nitrogen functional groups attached to an aromatic ring is 1. The molecule has 6 heterocycles. The highest BCUT2D eigenvalue weighted by Crippen LogP contribution is 2.66. The van der Waals surface area contributed by atoms with Crippen LogP contribution >= 0.6 is 23.5 Å². The van der Waals surface area contributed by atoms with Crippen LogP contribution in [-0.4, -0.2) is 173 Å². The molecule has 0 spiro atoms. The molecular formula is C63H82N11O24P3S2+2. The molecule has 7 rings (SSSR count). The first-order valence-corrected chi connectivity index (χ1v) is 39.4. The number of nitriles is 2. The second kappa shape index (κ2) is 36.6. The Hall–Kier alpha value is -8.05. The number of rotatable bonds is 38. The molecule has 10 N–H and O–H groups in total. The Kier molecular flexibility index (Phi) is 29.2. The van der Waals surface area contributed by atoms with Gasteiger partial charge in [0.25, 0.3) is 10.1 Å². The van der Waals surface area contributed by atoms with E-state index in [1.54, 1.807) is 10.6 Å². The van der Waals surface area contributed by atoms with E-state index in [4.69, 9.17) is 53.7 Å². The van der Waals surface area contributed by atoms with Gasteiger partial charge in [-0.15, -0.1) is 9.14 Å². The molecule has 35 nitrogen and oxygen atoms in total. The molecule has 3 aromatic heterocycles. The standard InChI is InChI=1S/C63H80N11O24P3S2/c1-62(2)48-18-11-12-19-50(48)73(54(62)21-9-6-8-20-53-63(3,4)49-37-47(103(87,88)89)41-72(60(49)71(53)5)27-16-36-102(84,85)86)28-13-7-10-22-55(75)67-26-31-91-33-32-90-30-23-45(39-65)42-92-34-35-94-61(76)68-25-14-17-46-40-74(59-57(46)58(66)69-44-70-59)56-38-51(93-29-15-24-64)52(96-56)43-95-100(80,81)98-101(82,83)97-99(77,78)79/h6,8-9,11-12,15,18-21,29,37,40-42,44,51-52,56H,7,10,13,16,22-23,25-28,30-36,38,43H2,1-5H3,(H8-2,66,67,68,69,70,75,76,77,78,79,80,81,82,83,84,85,86,87,88,89)/p+2/b29-15+,45-42-/t51-,52-,56-/m1/s1. The van der Waals surface area contributed by atoms with Crippen molar-refractivity contribution in [2.75, 3.05) is 89.3 Å². The molecule has 0 aliphatic carbocycles. The minimum atomic E-state index is -5.81. The second-order valence-corrected chi connectivity index (χ2v) is 31.6. The third-order valence-electron chi connectivity index (χ3n) is 16.1. The van der Waals surface area contributed by atoms with E-state index in [1.807, 2.05) is 68.0 Å². The highest BCUT2D eigenvalue weighted by Gasteiger charge is 2.50. The number of amides is 2. The minimum Gasteiger partial charge on any atom is -0.497 e. The van der Waals surface area contributed by atoms with Crippen LogP contribution in [0.1, 0.15) is 95.6 Å². The van der Waals surface area contributed by atoms with Gasteiger partial charge in [0.05, 0.1) is 98.0 Å². The number of nitrogens with two attached hydrogens (primary N) is 1. The number of fused-ring (bicyclic) bond motifs is 3. The number of aryl methyl sites for hydroxylation is 1. The average Bonchev–Trinajstić information content (AvgIpc) is 1.59. The van der Waals surface area contributed by atoms with Crippen molar-refractivity contribution < 1.29 is 120 Å². The molecule has 5 atom stereocenters.